The van der Waals surface area contributed by atoms with Crippen molar-refractivity contribution in [1.82, 2.24) is 5.32 Å². The molecular weight excluding hydrogens is 231 g/mol. The number of hydrogen-bond acceptors (Lipinski definition) is 2. The van der Waals surface area contributed by atoms with Crippen molar-refractivity contribution in [1.29, 1.82) is 0 Å². The molecule has 0 aliphatic heterocycles. The lowest BCUT2D eigenvalue weighted by molar-refractivity contribution is -0.121. The van der Waals surface area contributed by atoms with Gasteiger partial charge in [0, 0.05) is 19.5 Å². The first-order chi connectivity index (χ1) is 7.13. The number of carbonyl (C=O) groups is 1. The lowest BCUT2D eigenvalue weighted by Gasteiger charge is -2.05. The highest BCUT2D eigenvalue weighted by molar-refractivity contribution is 5.85. The highest BCUT2D eigenvalue weighted by atomic mass is 35.5. The van der Waals surface area contributed by atoms with Crippen molar-refractivity contribution in [3.8, 4) is 0 Å². The minimum atomic E-state index is -0.230. The Kier molecular flexibility index (Phi) is 6.69. The van der Waals surface area contributed by atoms with Crippen molar-refractivity contribution >= 4 is 18.3 Å². The van der Waals surface area contributed by atoms with Crippen LogP contribution >= 0.6 is 12.4 Å². The van der Waals surface area contributed by atoms with Crippen LogP contribution in [0, 0.1) is 12.7 Å². The van der Waals surface area contributed by atoms with E-state index in [1.165, 1.54) is 6.07 Å². The Morgan fingerprint density at radius 1 is 1.50 bits per heavy atom. The van der Waals surface area contributed by atoms with E-state index in [2.05, 4.69) is 5.32 Å². The van der Waals surface area contributed by atoms with Crippen LogP contribution in [0.2, 0.25) is 0 Å². The Labute approximate surface area is 101 Å². The van der Waals surface area contributed by atoms with Gasteiger partial charge < -0.3 is 11.1 Å². The Bertz CT molecular complexity index is 358. The van der Waals surface area contributed by atoms with Crippen molar-refractivity contribution in [2.24, 2.45) is 5.73 Å². The molecule has 0 unspecified atom stereocenters. The number of benzene rings is 1. The molecule has 0 radical (unpaired) electrons. The Morgan fingerprint density at radius 3 is 2.75 bits per heavy atom. The van der Waals surface area contributed by atoms with Gasteiger partial charge in [0.1, 0.15) is 5.82 Å². The van der Waals surface area contributed by atoms with Gasteiger partial charge >= 0.3 is 0 Å². The quantitative estimate of drug-likeness (QED) is 0.847. The van der Waals surface area contributed by atoms with E-state index in [4.69, 9.17) is 5.73 Å². The fourth-order valence-electron chi connectivity index (χ4n) is 1.24. The zero-order valence-corrected chi connectivity index (χ0v) is 9.94. The molecular formula is C11H16ClFN2O. The van der Waals surface area contributed by atoms with Crippen LogP contribution < -0.4 is 11.1 Å². The summed E-state index contributed by atoms with van der Waals surface area (Å²) in [5.41, 5.74) is 6.70. The molecule has 0 aromatic heterocycles. The summed E-state index contributed by atoms with van der Waals surface area (Å²) in [7, 11) is 0. The van der Waals surface area contributed by atoms with Crippen molar-refractivity contribution < 1.29 is 9.18 Å². The predicted octanol–water partition coefficient (Wildman–Crippen LogP) is 1.52. The van der Waals surface area contributed by atoms with Crippen molar-refractivity contribution in [3.05, 3.63) is 35.1 Å². The van der Waals surface area contributed by atoms with Crippen LogP contribution in [0.15, 0.2) is 18.2 Å². The number of hydrogen-bond donors (Lipinski definition) is 2. The molecule has 0 heterocycles. The fraction of sp³-hybridized carbons (Fsp3) is 0.364. The molecule has 0 atom stereocenters. The average Bonchev–Trinajstić information content (AvgIpc) is 2.20. The molecule has 3 N–H and O–H groups in total. The third-order valence-corrected chi connectivity index (χ3v) is 2.08. The summed E-state index contributed by atoms with van der Waals surface area (Å²) < 4.78 is 12.9. The zero-order valence-electron chi connectivity index (χ0n) is 9.13. The van der Waals surface area contributed by atoms with Gasteiger partial charge in [-0.3, -0.25) is 4.79 Å². The van der Waals surface area contributed by atoms with Gasteiger partial charge in [-0.2, -0.15) is 0 Å². The molecule has 1 rings (SSSR count). The predicted molar refractivity (Wildman–Crippen MR) is 63.9 cm³/mol. The minimum absolute atomic E-state index is 0. The average molecular weight is 247 g/mol. The van der Waals surface area contributed by atoms with Crippen LogP contribution in [0.5, 0.6) is 0 Å². The topological polar surface area (TPSA) is 55.1 Å². The fourth-order valence-corrected chi connectivity index (χ4v) is 1.24. The van der Waals surface area contributed by atoms with Gasteiger partial charge in [0.25, 0.3) is 0 Å². The van der Waals surface area contributed by atoms with E-state index in [1.54, 1.807) is 19.1 Å². The van der Waals surface area contributed by atoms with Crippen LogP contribution in [0.25, 0.3) is 0 Å². The molecule has 0 fully saturated rings. The first-order valence-electron chi connectivity index (χ1n) is 4.85. The van der Waals surface area contributed by atoms with Crippen molar-refractivity contribution in [2.45, 2.75) is 19.9 Å². The van der Waals surface area contributed by atoms with E-state index >= 15 is 0 Å². The maximum Gasteiger partial charge on any atom is 0.221 e. The summed E-state index contributed by atoms with van der Waals surface area (Å²) >= 11 is 0. The second-order valence-corrected chi connectivity index (χ2v) is 3.40. The number of nitrogens with two attached hydrogens (primary N) is 1. The van der Waals surface area contributed by atoms with Gasteiger partial charge in [-0.05, 0) is 24.1 Å². The standard InChI is InChI=1S/C11H15FN2O.ClH/c1-8-6-9(2-3-10(8)12)7-14-11(15)4-5-13;/h2-3,6H,4-5,7,13H2,1H3,(H,14,15);1H. The lowest BCUT2D eigenvalue weighted by Crippen LogP contribution is -2.25. The molecule has 90 valence electrons. The molecule has 1 amide bonds. The molecule has 0 saturated carbocycles. The highest BCUT2D eigenvalue weighted by Gasteiger charge is 2.01. The first kappa shape index (κ1) is 14.9. The summed E-state index contributed by atoms with van der Waals surface area (Å²) in [6.07, 6.45) is 0.320. The first-order valence-corrected chi connectivity index (χ1v) is 4.85. The van der Waals surface area contributed by atoms with Crippen LogP contribution in [0.4, 0.5) is 4.39 Å². The van der Waals surface area contributed by atoms with E-state index in [0.29, 0.717) is 25.1 Å². The van der Waals surface area contributed by atoms with E-state index in [-0.39, 0.29) is 24.1 Å². The third kappa shape index (κ3) is 4.59. The van der Waals surface area contributed by atoms with Crippen molar-refractivity contribution in [3.63, 3.8) is 0 Å². The molecule has 0 bridgehead atoms. The van der Waals surface area contributed by atoms with E-state index in [9.17, 15) is 9.18 Å². The highest BCUT2D eigenvalue weighted by Crippen LogP contribution is 2.08. The van der Waals surface area contributed by atoms with Crippen LogP contribution in [-0.4, -0.2) is 12.5 Å². The van der Waals surface area contributed by atoms with Gasteiger partial charge in [-0.15, -0.1) is 12.4 Å². The van der Waals surface area contributed by atoms with Gasteiger partial charge in [-0.1, -0.05) is 12.1 Å². The van der Waals surface area contributed by atoms with Crippen LogP contribution in [0.3, 0.4) is 0 Å². The molecule has 16 heavy (non-hydrogen) atoms. The molecule has 3 nitrogen and oxygen atoms in total. The SMILES string of the molecule is Cc1cc(CNC(=O)CCN)ccc1F.Cl. The zero-order chi connectivity index (χ0) is 11.3. The number of rotatable bonds is 4. The van der Waals surface area contributed by atoms with E-state index in [1.807, 2.05) is 0 Å². The maximum absolute atomic E-state index is 12.9. The monoisotopic (exact) mass is 246 g/mol. The van der Waals surface area contributed by atoms with Crippen LogP contribution in [-0.2, 0) is 11.3 Å². The number of amides is 1. The number of carbonyl (C=O) groups excluding carboxylic acids is 1. The summed E-state index contributed by atoms with van der Waals surface area (Å²) in [6.45, 7) is 2.45. The largest absolute Gasteiger partial charge is 0.352 e. The third-order valence-electron chi connectivity index (χ3n) is 2.08. The minimum Gasteiger partial charge on any atom is -0.352 e. The number of nitrogens with one attached hydrogen (secondary N) is 1. The second kappa shape index (κ2) is 7.19. The van der Waals surface area contributed by atoms with E-state index in [0.717, 1.165) is 5.56 Å². The van der Waals surface area contributed by atoms with Crippen LogP contribution in [0.1, 0.15) is 17.5 Å². The summed E-state index contributed by atoms with van der Waals surface area (Å²) in [5, 5.41) is 2.71. The Hall–Kier alpha value is -1.13. The Balaban J connectivity index is 0.00000225. The summed E-state index contributed by atoms with van der Waals surface area (Å²) in [5.74, 6) is -0.313. The Morgan fingerprint density at radius 2 is 2.19 bits per heavy atom. The van der Waals surface area contributed by atoms with Gasteiger partial charge in [0.05, 0.1) is 0 Å². The van der Waals surface area contributed by atoms with Gasteiger partial charge in [0.2, 0.25) is 5.91 Å². The second-order valence-electron chi connectivity index (χ2n) is 3.40. The summed E-state index contributed by atoms with van der Waals surface area (Å²) in [4.78, 5) is 11.1. The molecule has 0 saturated heterocycles. The molecule has 0 aliphatic rings. The summed E-state index contributed by atoms with van der Waals surface area (Å²) in [6, 6.07) is 4.78. The normalized spacial score (nSPS) is 9.44. The van der Waals surface area contributed by atoms with Gasteiger partial charge in [-0.25, -0.2) is 4.39 Å². The molecule has 0 spiro atoms. The molecule has 1 aromatic rings. The maximum atomic E-state index is 12.9. The lowest BCUT2D eigenvalue weighted by atomic mass is 10.1. The van der Waals surface area contributed by atoms with Gasteiger partial charge in [0.15, 0.2) is 0 Å². The smallest absolute Gasteiger partial charge is 0.221 e. The molecule has 5 heteroatoms. The number of halogens is 2. The number of aryl methyl sites for hydroxylation is 1. The molecule has 0 aliphatic carbocycles. The van der Waals surface area contributed by atoms with Crippen molar-refractivity contribution in [2.75, 3.05) is 6.54 Å². The molecule has 1 aromatic carbocycles. The van der Waals surface area contributed by atoms with E-state index < -0.39 is 0 Å².